The standard InChI is InChI=1S/C16H18ClN3O/c1-8-6-12(17)7-9(2)13(8)21-16-10(3)14(18)19-15(20-16)11-4-5-11/h6-7,11H,4-5H2,1-3H3,(H2,18,19,20). The molecule has 21 heavy (non-hydrogen) atoms. The molecule has 0 saturated heterocycles. The number of aryl methyl sites for hydroxylation is 2. The molecule has 0 amide bonds. The van der Waals surface area contributed by atoms with E-state index in [1.165, 1.54) is 0 Å². The summed E-state index contributed by atoms with van der Waals surface area (Å²) in [6.45, 7) is 5.81. The van der Waals surface area contributed by atoms with Gasteiger partial charge in [-0.15, -0.1) is 0 Å². The molecule has 5 heteroatoms. The van der Waals surface area contributed by atoms with Gasteiger partial charge >= 0.3 is 0 Å². The fourth-order valence-electron chi connectivity index (χ4n) is 2.31. The molecule has 0 radical (unpaired) electrons. The molecule has 3 rings (SSSR count). The number of hydrogen-bond acceptors (Lipinski definition) is 4. The summed E-state index contributed by atoms with van der Waals surface area (Å²) in [6.07, 6.45) is 2.25. The molecule has 1 aliphatic rings. The molecule has 1 aromatic heterocycles. The molecule has 2 aromatic rings. The van der Waals surface area contributed by atoms with Gasteiger partial charge in [0.05, 0.1) is 5.56 Å². The van der Waals surface area contributed by atoms with E-state index >= 15 is 0 Å². The molecule has 4 nitrogen and oxygen atoms in total. The lowest BCUT2D eigenvalue weighted by molar-refractivity contribution is 0.448. The minimum atomic E-state index is 0.433. The van der Waals surface area contributed by atoms with Crippen LogP contribution in [-0.4, -0.2) is 9.97 Å². The number of hydrogen-bond donors (Lipinski definition) is 1. The molecule has 0 atom stereocenters. The second-order valence-corrected chi connectivity index (χ2v) is 6.08. The fourth-order valence-corrected chi connectivity index (χ4v) is 2.64. The van der Waals surface area contributed by atoms with Crippen LogP contribution in [0.5, 0.6) is 11.6 Å². The van der Waals surface area contributed by atoms with Crippen LogP contribution < -0.4 is 10.5 Å². The maximum atomic E-state index is 6.06. The monoisotopic (exact) mass is 303 g/mol. The number of nitrogens with two attached hydrogens (primary N) is 1. The van der Waals surface area contributed by atoms with E-state index in [0.717, 1.165) is 41.1 Å². The van der Waals surface area contributed by atoms with E-state index in [-0.39, 0.29) is 0 Å². The molecule has 110 valence electrons. The molecule has 1 fully saturated rings. The van der Waals surface area contributed by atoms with Crippen LogP contribution in [0.25, 0.3) is 0 Å². The average molecular weight is 304 g/mol. The van der Waals surface area contributed by atoms with Gasteiger partial charge in [-0.1, -0.05) is 11.6 Å². The van der Waals surface area contributed by atoms with Crippen molar-refractivity contribution in [3.8, 4) is 11.6 Å². The highest BCUT2D eigenvalue weighted by Gasteiger charge is 2.28. The van der Waals surface area contributed by atoms with Crippen LogP contribution in [0.4, 0.5) is 5.82 Å². The quantitative estimate of drug-likeness (QED) is 0.918. The van der Waals surface area contributed by atoms with Crippen molar-refractivity contribution in [1.82, 2.24) is 9.97 Å². The van der Waals surface area contributed by atoms with E-state index < -0.39 is 0 Å². The van der Waals surface area contributed by atoms with Crippen LogP contribution >= 0.6 is 11.6 Å². The first-order chi connectivity index (χ1) is 9.95. The number of nitrogen functional groups attached to an aromatic ring is 1. The predicted octanol–water partition coefficient (Wildman–Crippen LogP) is 4.31. The molecule has 1 aromatic carbocycles. The van der Waals surface area contributed by atoms with Crippen molar-refractivity contribution in [1.29, 1.82) is 0 Å². The molecular weight excluding hydrogens is 286 g/mol. The summed E-state index contributed by atoms with van der Waals surface area (Å²) in [7, 11) is 0. The molecule has 1 saturated carbocycles. The highest BCUT2D eigenvalue weighted by molar-refractivity contribution is 6.30. The summed E-state index contributed by atoms with van der Waals surface area (Å²) in [5, 5.41) is 0.704. The maximum absolute atomic E-state index is 6.06. The second-order valence-electron chi connectivity index (χ2n) is 5.64. The third-order valence-corrected chi connectivity index (χ3v) is 3.94. The van der Waals surface area contributed by atoms with Gasteiger partial charge in [0, 0.05) is 10.9 Å². The number of halogens is 1. The maximum Gasteiger partial charge on any atom is 0.227 e. The lowest BCUT2D eigenvalue weighted by atomic mass is 10.1. The Morgan fingerprint density at radius 3 is 2.33 bits per heavy atom. The summed E-state index contributed by atoms with van der Waals surface area (Å²) >= 11 is 6.06. The zero-order chi connectivity index (χ0) is 15.1. The Hall–Kier alpha value is -1.81. The van der Waals surface area contributed by atoms with Gasteiger partial charge in [-0.05, 0) is 56.9 Å². The van der Waals surface area contributed by atoms with E-state index in [4.69, 9.17) is 22.1 Å². The Labute approximate surface area is 129 Å². The minimum Gasteiger partial charge on any atom is -0.438 e. The van der Waals surface area contributed by atoms with Crippen LogP contribution in [-0.2, 0) is 0 Å². The molecule has 2 N–H and O–H groups in total. The first-order valence-corrected chi connectivity index (χ1v) is 7.42. The second kappa shape index (κ2) is 5.19. The van der Waals surface area contributed by atoms with Crippen molar-refractivity contribution in [2.45, 2.75) is 39.5 Å². The van der Waals surface area contributed by atoms with E-state index in [1.54, 1.807) is 0 Å². The molecular formula is C16H18ClN3O. The lowest BCUT2D eigenvalue weighted by Crippen LogP contribution is -2.05. The van der Waals surface area contributed by atoms with Crippen LogP contribution in [0, 0.1) is 20.8 Å². The van der Waals surface area contributed by atoms with Crippen molar-refractivity contribution in [2.24, 2.45) is 0 Å². The highest BCUT2D eigenvalue weighted by Crippen LogP contribution is 2.40. The SMILES string of the molecule is Cc1cc(Cl)cc(C)c1Oc1nc(C2CC2)nc(N)c1C. The van der Waals surface area contributed by atoms with E-state index in [9.17, 15) is 0 Å². The zero-order valence-corrected chi connectivity index (χ0v) is 13.2. The van der Waals surface area contributed by atoms with Crippen molar-refractivity contribution in [2.75, 3.05) is 5.73 Å². The predicted molar refractivity (Wildman–Crippen MR) is 84.2 cm³/mol. The average Bonchev–Trinajstić information content (AvgIpc) is 3.22. The first kappa shape index (κ1) is 14.1. The largest absolute Gasteiger partial charge is 0.438 e. The Bertz CT molecular complexity index is 688. The molecule has 0 unspecified atom stereocenters. The molecule has 0 aliphatic heterocycles. The topological polar surface area (TPSA) is 61.0 Å². The summed E-state index contributed by atoms with van der Waals surface area (Å²) < 4.78 is 6.04. The Balaban J connectivity index is 2.02. The smallest absolute Gasteiger partial charge is 0.227 e. The van der Waals surface area contributed by atoms with Gasteiger partial charge < -0.3 is 10.5 Å². The Morgan fingerprint density at radius 1 is 1.14 bits per heavy atom. The van der Waals surface area contributed by atoms with Gasteiger partial charge in [-0.2, -0.15) is 4.98 Å². The van der Waals surface area contributed by atoms with Crippen LogP contribution in [0.1, 0.15) is 41.3 Å². The first-order valence-electron chi connectivity index (χ1n) is 7.04. The van der Waals surface area contributed by atoms with Gasteiger partial charge in [0.15, 0.2) is 0 Å². The van der Waals surface area contributed by atoms with Gasteiger partial charge in [0.1, 0.15) is 17.4 Å². The minimum absolute atomic E-state index is 0.433. The summed E-state index contributed by atoms with van der Waals surface area (Å²) in [4.78, 5) is 8.91. The van der Waals surface area contributed by atoms with Gasteiger partial charge in [0.2, 0.25) is 5.88 Å². The Kier molecular flexibility index (Phi) is 3.49. The Morgan fingerprint density at radius 2 is 1.76 bits per heavy atom. The number of nitrogens with zero attached hydrogens (tertiary/aromatic N) is 2. The third-order valence-electron chi connectivity index (χ3n) is 3.72. The summed E-state index contributed by atoms with van der Waals surface area (Å²) in [5.41, 5.74) is 8.71. The number of benzene rings is 1. The van der Waals surface area contributed by atoms with Crippen molar-refractivity contribution < 1.29 is 4.74 Å². The van der Waals surface area contributed by atoms with E-state index in [2.05, 4.69) is 9.97 Å². The fraction of sp³-hybridized carbons (Fsp3) is 0.375. The van der Waals surface area contributed by atoms with E-state index in [1.807, 2.05) is 32.9 Å². The van der Waals surface area contributed by atoms with Crippen LogP contribution in [0.3, 0.4) is 0 Å². The van der Waals surface area contributed by atoms with Crippen molar-refractivity contribution in [3.05, 3.63) is 39.7 Å². The summed E-state index contributed by atoms with van der Waals surface area (Å²) in [5.74, 6) is 3.03. The number of ether oxygens (including phenoxy) is 1. The van der Waals surface area contributed by atoms with Crippen molar-refractivity contribution >= 4 is 17.4 Å². The van der Waals surface area contributed by atoms with Crippen LogP contribution in [0.2, 0.25) is 5.02 Å². The lowest BCUT2D eigenvalue weighted by Gasteiger charge is -2.14. The normalized spacial score (nSPS) is 14.3. The van der Waals surface area contributed by atoms with Gasteiger partial charge in [-0.3, -0.25) is 0 Å². The van der Waals surface area contributed by atoms with Crippen LogP contribution in [0.15, 0.2) is 12.1 Å². The number of rotatable bonds is 3. The number of aromatic nitrogens is 2. The zero-order valence-electron chi connectivity index (χ0n) is 12.4. The molecule has 0 bridgehead atoms. The highest BCUT2D eigenvalue weighted by atomic mass is 35.5. The van der Waals surface area contributed by atoms with Crippen molar-refractivity contribution in [3.63, 3.8) is 0 Å². The molecule has 1 aliphatic carbocycles. The number of anilines is 1. The van der Waals surface area contributed by atoms with E-state index in [0.29, 0.717) is 22.6 Å². The van der Waals surface area contributed by atoms with Gasteiger partial charge in [-0.25, -0.2) is 4.98 Å². The molecule has 1 heterocycles. The van der Waals surface area contributed by atoms with Gasteiger partial charge in [0.25, 0.3) is 0 Å². The molecule has 0 spiro atoms. The summed E-state index contributed by atoms with van der Waals surface area (Å²) in [6, 6.07) is 3.76. The third kappa shape index (κ3) is 2.81.